The third-order valence-electron chi connectivity index (χ3n) is 2.86. The highest BCUT2D eigenvalue weighted by atomic mass is 32.2. The second-order valence-corrected chi connectivity index (χ2v) is 6.48. The maximum atomic E-state index is 13.2. The van der Waals surface area contributed by atoms with Crippen LogP contribution in [0.5, 0.6) is 0 Å². The van der Waals surface area contributed by atoms with Crippen LogP contribution in [0.4, 0.5) is 4.39 Å². The van der Waals surface area contributed by atoms with Gasteiger partial charge in [0.15, 0.2) is 9.84 Å². The molecule has 1 aromatic carbocycles. The van der Waals surface area contributed by atoms with E-state index < -0.39 is 9.84 Å². The maximum absolute atomic E-state index is 13.2. The van der Waals surface area contributed by atoms with Gasteiger partial charge in [-0.1, -0.05) is 18.2 Å². The van der Waals surface area contributed by atoms with Gasteiger partial charge in [-0.05, 0) is 24.6 Å². The van der Waals surface area contributed by atoms with Crippen molar-refractivity contribution in [3.8, 4) is 11.1 Å². The van der Waals surface area contributed by atoms with E-state index in [0.29, 0.717) is 0 Å². The molecular weight excluding hydrogens is 279 g/mol. The SMILES string of the molecule is CC=C(F)Cn1cc(-c2cccc(S(C)(=O)=O)c2)cn1. The van der Waals surface area contributed by atoms with Gasteiger partial charge in [-0.2, -0.15) is 5.10 Å². The van der Waals surface area contributed by atoms with Gasteiger partial charge < -0.3 is 0 Å². The normalized spacial score (nSPS) is 12.7. The van der Waals surface area contributed by atoms with Gasteiger partial charge >= 0.3 is 0 Å². The molecule has 0 radical (unpaired) electrons. The highest BCUT2D eigenvalue weighted by molar-refractivity contribution is 7.90. The fourth-order valence-corrected chi connectivity index (χ4v) is 2.42. The van der Waals surface area contributed by atoms with Crippen molar-refractivity contribution in [2.45, 2.75) is 18.4 Å². The van der Waals surface area contributed by atoms with Crippen LogP contribution in [0.1, 0.15) is 6.92 Å². The van der Waals surface area contributed by atoms with E-state index in [1.807, 2.05) is 0 Å². The largest absolute Gasteiger partial charge is 0.265 e. The lowest BCUT2D eigenvalue weighted by Crippen LogP contribution is -1.98. The molecule has 0 aliphatic heterocycles. The quantitative estimate of drug-likeness (QED) is 0.871. The van der Waals surface area contributed by atoms with Crippen molar-refractivity contribution in [2.75, 3.05) is 6.26 Å². The summed E-state index contributed by atoms with van der Waals surface area (Å²) in [5.74, 6) is -0.274. The molecule has 0 N–H and O–H groups in total. The number of allylic oxidation sites excluding steroid dienone is 2. The molecule has 1 aromatic heterocycles. The molecule has 0 saturated heterocycles. The third-order valence-corrected chi connectivity index (χ3v) is 3.97. The topological polar surface area (TPSA) is 52.0 Å². The van der Waals surface area contributed by atoms with Crippen LogP contribution in [-0.2, 0) is 16.4 Å². The van der Waals surface area contributed by atoms with E-state index in [1.54, 1.807) is 43.6 Å². The molecular formula is C14H15FN2O2S. The second kappa shape index (κ2) is 5.58. The number of hydrogen-bond donors (Lipinski definition) is 0. The standard InChI is InChI=1S/C14H15FN2O2S/c1-3-13(15)10-17-9-12(8-16-17)11-5-4-6-14(7-11)20(2,18)19/h3-9H,10H2,1-2H3. The molecule has 106 valence electrons. The van der Waals surface area contributed by atoms with Crippen LogP contribution in [0.25, 0.3) is 11.1 Å². The molecule has 0 aliphatic carbocycles. The minimum absolute atomic E-state index is 0.0717. The Bertz CT molecular complexity index is 748. The zero-order valence-electron chi connectivity index (χ0n) is 11.2. The average molecular weight is 294 g/mol. The first-order chi connectivity index (χ1) is 9.40. The molecule has 0 aliphatic rings. The number of sulfone groups is 1. The van der Waals surface area contributed by atoms with E-state index in [-0.39, 0.29) is 17.3 Å². The van der Waals surface area contributed by atoms with Crippen molar-refractivity contribution in [2.24, 2.45) is 0 Å². The van der Waals surface area contributed by atoms with E-state index in [2.05, 4.69) is 5.10 Å². The summed E-state index contributed by atoms with van der Waals surface area (Å²) in [5, 5.41) is 4.06. The average Bonchev–Trinajstić information content (AvgIpc) is 2.86. The van der Waals surface area contributed by atoms with Gasteiger partial charge in [0.05, 0.1) is 17.6 Å². The molecule has 4 nitrogen and oxygen atoms in total. The Labute approximate surface area is 117 Å². The van der Waals surface area contributed by atoms with E-state index in [0.717, 1.165) is 17.4 Å². The number of halogens is 1. The molecule has 6 heteroatoms. The van der Waals surface area contributed by atoms with Crippen molar-refractivity contribution in [1.29, 1.82) is 0 Å². The predicted octanol–water partition coefficient (Wildman–Crippen LogP) is 2.83. The molecule has 20 heavy (non-hydrogen) atoms. The van der Waals surface area contributed by atoms with Gasteiger partial charge in [0.2, 0.25) is 0 Å². The Balaban J connectivity index is 2.33. The number of rotatable bonds is 4. The van der Waals surface area contributed by atoms with Crippen molar-refractivity contribution >= 4 is 9.84 Å². The van der Waals surface area contributed by atoms with Crippen molar-refractivity contribution in [3.63, 3.8) is 0 Å². The van der Waals surface area contributed by atoms with Gasteiger partial charge in [-0.25, -0.2) is 12.8 Å². The zero-order chi connectivity index (χ0) is 14.8. The van der Waals surface area contributed by atoms with Crippen LogP contribution in [-0.4, -0.2) is 24.5 Å². The summed E-state index contributed by atoms with van der Waals surface area (Å²) in [5.41, 5.74) is 1.49. The summed E-state index contributed by atoms with van der Waals surface area (Å²) in [4.78, 5) is 0.252. The van der Waals surface area contributed by atoms with Gasteiger partial charge in [0.25, 0.3) is 0 Å². The summed E-state index contributed by atoms with van der Waals surface area (Å²) >= 11 is 0. The van der Waals surface area contributed by atoms with Crippen LogP contribution >= 0.6 is 0 Å². The minimum atomic E-state index is -3.25. The van der Waals surface area contributed by atoms with Crippen molar-refractivity contribution in [1.82, 2.24) is 9.78 Å². The molecule has 0 saturated carbocycles. The smallest absolute Gasteiger partial charge is 0.175 e. The first-order valence-corrected chi connectivity index (χ1v) is 7.93. The second-order valence-electron chi connectivity index (χ2n) is 4.46. The molecule has 0 unspecified atom stereocenters. The minimum Gasteiger partial charge on any atom is -0.265 e. The fourth-order valence-electron chi connectivity index (χ4n) is 1.75. The number of benzene rings is 1. The lowest BCUT2D eigenvalue weighted by molar-refractivity contribution is 0.526. The number of nitrogens with zero attached hydrogens (tertiary/aromatic N) is 2. The summed E-state index contributed by atoms with van der Waals surface area (Å²) in [6.45, 7) is 1.69. The van der Waals surface area contributed by atoms with E-state index in [4.69, 9.17) is 0 Å². The lowest BCUT2D eigenvalue weighted by atomic mass is 10.1. The summed E-state index contributed by atoms with van der Waals surface area (Å²) in [7, 11) is -3.25. The molecule has 0 bridgehead atoms. The lowest BCUT2D eigenvalue weighted by Gasteiger charge is -2.01. The van der Waals surface area contributed by atoms with Gasteiger partial charge in [-0.3, -0.25) is 4.68 Å². The van der Waals surface area contributed by atoms with Crippen molar-refractivity contribution in [3.05, 3.63) is 48.6 Å². The molecule has 2 aromatic rings. The van der Waals surface area contributed by atoms with E-state index in [9.17, 15) is 12.8 Å². The highest BCUT2D eigenvalue weighted by Gasteiger charge is 2.09. The first kappa shape index (κ1) is 14.5. The summed E-state index contributed by atoms with van der Waals surface area (Å²) in [6.07, 6.45) is 5.82. The first-order valence-electron chi connectivity index (χ1n) is 6.04. The Morgan fingerprint density at radius 1 is 1.40 bits per heavy atom. The van der Waals surface area contributed by atoms with Gasteiger partial charge in [0.1, 0.15) is 5.83 Å². The molecule has 0 fully saturated rings. The van der Waals surface area contributed by atoms with E-state index >= 15 is 0 Å². The highest BCUT2D eigenvalue weighted by Crippen LogP contribution is 2.22. The summed E-state index contributed by atoms with van der Waals surface area (Å²) in [6, 6.07) is 6.60. The molecule has 2 rings (SSSR count). The zero-order valence-corrected chi connectivity index (χ0v) is 12.1. The maximum Gasteiger partial charge on any atom is 0.175 e. The van der Waals surface area contributed by atoms with E-state index in [1.165, 1.54) is 10.8 Å². The molecule has 0 atom stereocenters. The van der Waals surface area contributed by atoms with Crippen LogP contribution in [0, 0.1) is 0 Å². The number of hydrogen-bond acceptors (Lipinski definition) is 3. The number of aromatic nitrogens is 2. The Hall–Kier alpha value is -1.95. The third kappa shape index (κ3) is 3.33. The Morgan fingerprint density at radius 3 is 2.80 bits per heavy atom. The monoisotopic (exact) mass is 294 g/mol. The van der Waals surface area contributed by atoms with Crippen LogP contribution < -0.4 is 0 Å². The molecule has 0 amide bonds. The van der Waals surface area contributed by atoms with Crippen molar-refractivity contribution < 1.29 is 12.8 Å². The van der Waals surface area contributed by atoms with Crippen LogP contribution in [0.2, 0.25) is 0 Å². The predicted molar refractivity (Wildman–Crippen MR) is 75.6 cm³/mol. The van der Waals surface area contributed by atoms with Gasteiger partial charge in [0, 0.05) is 18.0 Å². The Kier molecular flexibility index (Phi) is 4.04. The Morgan fingerprint density at radius 2 is 2.15 bits per heavy atom. The summed E-state index contributed by atoms with van der Waals surface area (Å²) < 4.78 is 37.7. The molecule has 0 spiro atoms. The van der Waals surface area contributed by atoms with Crippen LogP contribution in [0.15, 0.2) is 53.5 Å². The van der Waals surface area contributed by atoms with Crippen LogP contribution in [0.3, 0.4) is 0 Å². The molecule has 1 heterocycles. The van der Waals surface area contributed by atoms with Gasteiger partial charge in [-0.15, -0.1) is 0 Å². The fraction of sp³-hybridized carbons (Fsp3) is 0.214.